The first-order valence-corrected chi connectivity index (χ1v) is 11.4. The van der Waals surface area contributed by atoms with Gasteiger partial charge in [-0.05, 0) is 54.3 Å². The van der Waals surface area contributed by atoms with E-state index in [-0.39, 0.29) is 17.0 Å². The molecule has 0 saturated carbocycles. The fourth-order valence-electron chi connectivity index (χ4n) is 4.30. The van der Waals surface area contributed by atoms with Crippen LogP contribution in [0.5, 0.6) is 5.75 Å². The minimum Gasteiger partial charge on any atom is -0.507 e. The number of nitrogens with zero attached hydrogens (tertiary/aromatic N) is 2. The number of carbonyl (C=O) groups is 2. The van der Waals surface area contributed by atoms with E-state index in [2.05, 4.69) is 0 Å². The van der Waals surface area contributed by atoms with Crippen LogP contribution in [0.15, 0.2) is 53.4 Å². The standard InChI is InChI=1S/C25H20F2N2O4S/c1-13-7-10-34-24(13)21-20(22(30)14-3-6-19-18(11-14)28(2)8-9-33-19)23(31)25(32)29(21)15-4-5-16(26)17(27)12-15/h3-7,10-12,21,30H,8-9H2,1-2H3/b22-20-. The molecule has 2 aliphatic rings. The molecule has 1 saturated heterocycles. The van der Waals surface area contributed by atoms with Crippen molar-refractivity contribution in [3.63, 3.8) is 0 Å². The molecule has 3 heterocycles. The maximum absolute atomic E-state index is 14.1. The Kier molecular flexibility index (Phi) is 5.36. The molecule has 0 radical (unpaired) electrons. The minimum atomic E-state index is -1.14. The van der Waals surface area contributed by atoms with Crippen molar-refractivity contribution in [1.29, 1.82) is 0 Å². The Labute approximate surface area is 198 Å². The van der Waals surface area contributed by atoms with E-state index in [1.165, 1.54) is 17.4 Å². The lowest BCUT2D eigenvalue weighted by molar-refractivity contribution is -0.132. The van der Waals surface area contributed by atoms with Gasteiger partial charge in [-0.1, -0.05) is 0 Å². The normalized spacial score (nSPS) is 19.4. The molecule has 6 nitrogen and oxygen atoms in total. The van der Waals surface area contributed by atoms with Crippen LogP contribution in [0, 0.1) is 18.6 Å². The lowest BCUT2D eigenvalue weighted by Gasteiger charge is -2.28. The Morgan fingerprint density at radius 2 is 1.91 bits per heavy atom. The number of carbonyl (C=O) groups excluding carboxylic acids is 2. The minimum absolute atomic E-state index is 0.0245. The topological polar surface area (TPSA) is 70.1 Å². The lowest BCUT2D eigenvalue weighted by Crippen LogP contribution is -2.29. The van der Waals surface area contributed by atoms with Gasteiger partial charge in [0.25, 0.3) is 11.7 Å². The summed E-state index contributed by atoms with van der Waals surface area (Å²) in [5, 5.41) is 13.1. The molecule has 1 N–H and O–H groups in total. The number of rotatable bonds is 3. The molecule has 9 heteroatoms. The second kappa shape index (κ2) is 8.25. The number of ketones is 1. The fraction of sp³-hybridized carbons (Fsp3) is 0.200. The van der Waals surface area contributed by atoms with Crippen LogP contribution in [-0.4, -0.2) is 37.0 Å². The van der Waals surface area contributed by atoms with Crippen molar-refractivity contribution in [2.24, 2.45) is 0 Å². The highest BCUT2D eigenvalue weighted by Gasteiger charge is 2.48. The summed E-state index contributed by atoms with van der Waals surface area (Å²) >= 11 is 1.31. The van der Waals surface area contributed by atoms with E-state index in [0.29, 0.717) is 29.3 Å². The molecular weight excluding hydrogens is 462 g/mol. The van der Waals surface area contributed by atoms with Crippen LogP contribution < -0.4 is 14.5 Å². The molecular formula is C25H20F2N2O4S. The second-order valence-corrected chi connectivity index (χ2v) is 9.14. The number of likely N-dealkylation sites (N-methyl/N-ethyl adjacent to an activating group) is 1. The highest BCUT2D eigenvalue weighted by Crippen LogP contribution is 2.45. The number of thiophene rings is 1. The van der Waals surface area contributed by atoms with E-state index >= 15 is 0 Å². The lowest BCUT2D eigenvalue weighted by atomic mass is 9.97. The van der Waals surface area contributed by atoms with Gasteiger partial charge in [-0.25, -0.2) is 8.78 Å². The van der Waals surface area contributed by atoms with Crippen LogP contribution in [0.3, 0.4) is 0 Å². The molecule has 34 heavy (non-hydrogen) atoms. The third kappa shape index (κ3) is 3.43. The summed E-state index contributed by atoms with van der Waals surface area (Å²) in [5.41, 5.74) is 1.80. The van der Waals surface area contributed by atoms with Gasteiger partial charge in [0.1, 0.15) is 24.2 Å². The maximum Gasteiger partial charge on any atom is 0.300 e. The van der Waals surface area contributed by atoms with Gasteiger partial charge in [-0.15, -0.1) is 11.3 Å². The number of hydrogen-bond acceptors (Lipinski definition) is 6. The highest BCUT2D eigenvalue weighted by molar-refractivity contribution is 7.10. The number of aliphatic hydroxyl groups is 1. The molecule has 5 rings (SSSR count). The van der Waals surface area contributed by atoms with Crippen molar-refractivity contribution in [2.45, 2.75) is 13.0 Å². The molecule has 2 aromatic carbocycles. The summed E-state index contributed by atoms with van der Waals surface area (Å²) in [6.07, 6.45) is 0. The third-order valence-corrected chi connectivity index (χ3v) is 7.18. The Morgan fingerprint density at radius 1 is 1.12 bits per heavy atom. The monoisotopic (exact) mass is 482 g/mol. The zero-order chi connectivity index (χ0) is 24.1. The number of ether oxygens (including phenoxy) is 1. The fourth-order valence-corrected chi connectivity index (χ4v) is 5.32. The van der Waals surface area contributed by atoms with Crippen molar-refractivity contribution in [3.8, 4) is 5.75 Å². The van der Waals surface area contributed by atoms with Crippen LogP contribution >= 0.6 is 11.3 Å². The first kappa shape index (κ1) is 22.1. The van der Waals surface area contributed by atoms with E-state index in [0.717, 1.165) is 28.3 Å². The third-order valence-electron chi connectivity index (χ3n) is 6.10. The van der Waals surface area contributed by atoms with E-state index in [4.69, 9.17) is 4.74 Å². The number of aryl methyl sites for hydroxylation is 1. The van der Waals surface area contributed by atoms with Crippen LogP contribution in [0.4, 0.5) is 20.2 Å². The average Bonchev–Trinajstić information content (AvgIpc) is 3.35. The van der Waals surface area contributed by atoms with Gasteiger partial charge in [0, 0.05) is 29.2 Å². The SMILES string of the molecule is Cc1ccsc1C1/C(=C(/O)c2ccc3c(c2)N(C)CCO3)C(=O)C(=O)N1c1ccc(F)c(F)c1. The van der Waals surface area contributed by atoms with Gasteiger partial charge in [0.2, 0.25) is 0 Å². The molecule has 174 valence electrons. The smallest absolute Gasteiger partial charge is 0.300 e. The number of hydrogen-bond donors (Lipinski definition) is 1. The molecule has 1 fully saturated rings. The summed E-state index contributed by atoms with van der Waals surface area (Å²) < 4.78 is 33.3. The van der Waals surface area contributed by atoms with Gasteiger partial charge < -0.3 is 14.7 Å². The van der Waals surface area contributed by atoms with Crippen LogP contribution in [0.1, 0.15) is 22.0 Å². The molecule has 1 amide bonds. The molecule has 0 spiro atoms. The number of benzene rings is 2. The van der Waals surface area contributed by atoms with E-state index in [9.17, 15) is 23.5 Å². The first-order valence-electron chi connectivity index (χ1n) is 10.6. The van der Waals surface area contributed by atoms with Gasteiger partial charge in [-0.2, -0.15) is 0 Å². The number of aliphatic hydroxyl groups excluding tert-OH is 1. The van der Waals surface area contributed by atoms with Crippen molar-refractivity contribution in [2.75, 3.05) is 30.0 Å². The predicted octanol–water partition coefficient (Wildman–Crippen LogP) is 4.79. The van der Waals surface area contributed by atoms with E-state index in [1.807, 2.05) is 24.9 Å². The molecule has 3 aromatic rings. The summed E-state index contributed by atoms with van der Waals surface area (Å²) in [6.45, 7) is 3.01. The summed E-state index contributed by atoms with van der Waals surface area (Å²) in [7, 11) is 1.89. The Balaban J connectivity index is 1.70. The van der Waals surface area contributed by atoms with Gasteiger partial charge in [-0.3, -0.25) is 14.5 Å². The number of amides is 1. The zero-order valence-corrected chi connectivity index (χ0v) is 19.2. The number of fused-ring (bicyclic) bond motifs is 1. The number of halogens is 2. The predicted molar refractivity (Wildman–Crippen MR) is 125 cm³/mol. The van der Waals surface area contributed by atoms with Crippen molar-refractivity contribution in [1.82, 2.24) is 0 Å². The summed E-state index contributed by atoms with van der Waals surface area (Å²) in [6, 6.07) is 8.89. The summed E-state index contributed by atoms with van der Waals surface area (Å²) in [5.74, 6) is -3.73. The van der Waals surface area contributed by atoms with Crippen molar-refractivity contribution < 1.29 is 28.2 Å². The van der Waals surface area contributed by atoms with Crippen LogP contribution in [0.25, 0.3) is 5.76 Å². The van der Waals surface area contributed by atoms with Gasteiger partial charge in [0.15, 0.2) is 11.6 Å². The van der Waals surface area contributed by atoms with Gasteiger partial charge in [0.05, 0.1) is 17.8 Å². The largest absolute Gasteiger partial charge is 0.507 e. The highest BCUT2D eigenvalue weighted by atomic mass is 32.1. The quantitative estimate of drug-likeness (QED) is 0.330. The number of Topliss-reactive ketones (excluding diaryl/α,β-unsaturated/α-hetero) is 1. The molecule has 1 unspecified atom stereocenters. The van der Waals surface area contributed by atoms with Crippen LogP contribution in [-0.2, 0) is 9.59 Å². The Morgan fingerprint density at radius 3 is 2.62 bits per heavy atom. The molecule has 2 aliphatic heterocycles. The van der Waals surface area contributed by atoms with E-state index < -0.39 is 29.4 Å². The maximum atomic E-state index is 14.1. The van der Waals surface area contributed by atoms with Crippen molar-refractivity contribution >= 4 is 40.2 Å². The van der Waals surface area contributed by atoms with Gasteiger partial charge >= 0.3 is 0 Å². The van der Waals surface area contributed by atoms with Crippen molar-refractivity contribution in [3.05, 3.63) is 81.1 Å². The molecule has 1 atom stereocenters. The Hall–Kier alpha value is -3.72. The zero-order valence-electron chi connectivity index (χ0n) is 18.3. The molecule has 0 bridgehead atoms. The molecule has 1 aromatic heterocycles. The Bertz CT molecular complexity index is 1370. The average molecular weight is 483 g/mol. The number of anilines is 2. The molecule has 0 aliphatic carbocycles. The van der Waals surface area contributed by atoms with Crippen LogP contribution in [0.2, 0.25) is 0 Å². The van der Waals surface area contributed by atoms with E-state index in [1.54, 1.807) is 23.6 Å². The second-order valence-electron chi connectivity index (χ2n) is 8.19. The summed E-state index contributed by atoms with van der Waals surface area (Å²) in [4.78, 5) is 30.1. The first-order chi connectivity index (χ1) is 16.3.